The standard InChI is InChI=1S/C25H28N4O3S/c26-13-19-6-8-20(9-7-19)15-29(16-24(30)32-17-21-4-2-1-3-5-21)22-12-23(27-14-22)25(31)28-10-11-33-18-28/h1-9,22-23,27H,10-12,14-18H2/t22-,23-/m0/s1. The minimum atomic E-state index is -0.293. The van der Waals surface area contributed by atoms with E-state index in [0.717, 1.165) is 29.3 Å². The molecule has 0 saturated carbocycles. The lowest BCUT2D eigenvalue weighted by molar-refractivity contribution is -0.147. The molecule has 1 N–H and O–H groups in total. The van der Waals surface area contributed by atoms with Crippen LogP contribution in [0.2, 0.25) is 0 Å². The minimum absolute atomic E-state index is 0.0362. The maximum atomic E-state index is 12.8. The van der Waals surface area contributed by atoms with E-state index >= 15 is 0 Å². The Kier molecular flexibility index (Phi) is 8.00. The summed E-state index contributed by atoms with van der Waals surface area (Å²) in [5.41, 5.74) is 2.56. The molecule has 0 unspecified atom stereocenters. The van der Waals surface area contributed by atoms with Crippen LogP contribution < -0.4 is 5.32 Å². The van der Waals surface area contributed by atoms with Crippen LogP contribution in [0.1, 0.15) is 23.1 Å². The van der Waals surface area contributed by atoms with Gasteiger partial charge in [-0.15, -0.1) is 11.8 Å². The van der Waals surface area contributed by atoms with Gasteiger partial charge in [-0.2, -0.15) is 5.26 Å². The second-order valence-corrected chi connectivity index (χ2v) is 9.42. The fourth-order valence-corrected chi connectivity index (χ4v) is 5.13. The van der Waals surface area contributed by atoms with E-state index in [1.807, 2.05) is 47.4 Å². The van der Waals surface area contributed by atoms with Gasteiger partial charge in [0.05, 0.1) is 30.1 Å². The molecule has 7 nitrogen and oxygen atoms in total. The molecule has 2 atom stereocenters. The van der Waals surface area contributed by atoms with Crippen molar-refractivity contribution in [1.82, 2.24) is 15.1 Å². The Balaban J connectivity index is 1.40. The van der Waals surface area contributed by atoms with Crippen LogP contribution in [0.4, 0.5) is 0 Å². The summed E-state index contributed by atoms with van der Waals surface area (Å²) < 4.78 is 5.53. The lowest BCUT2D eigenvalue weighted by atomic mass is 10.1. The molecule has 2 aliphatic rings. The fraction of sp³-hybridized carbons (Fsp3) is 0.400. The highest BCUT2D eigenvalue weighted by Crippen LogP contribution is 2.21. The van der Waals surface area contributed by atoms with E-state index in [2.05, 4.69) is 16.3 Å². The van der Waals surface area contributed by atoms with Crippen LogP contribution >= 0.6 is 11.8 Å². The van der Waals surface area contributed by atoms with Gasteiger partial charge in [-0.3, -0.25) is 14.5 Å². The van der Waals surface area contributed by atoms with Gasteiger partial charge in [-0.1, -0.05) is 42.5 Å². The fourth-order valence-electron chi connectivity index (χ4n) is 4.17. The molecule has 0 bridgehead atoms. The van der Waals surface area contributed by atoms with Crippen molar-refractivity contribution < 1.29 is 14.3 Å². The number of hydrogen-bond acceptors (Lipinski definition) is 7. The number of rotatable bonds is 8. The summed E-state index contributed by atoms with van der Waals surface area (Å²) in [5.74, 6) is 1.59. The second-order valence-electron chi connectivity index (χ2n) is 8.35. The van der Waals surface area contributed by atoms with Gasteiger partial charge in [0.15, 0.2) is 0 Å². The number of nitrogens with zero attached hydrogens (tertiary/aromatic N) is 3. The average Bonchev–Trinajstić information content (AvgIpc) is 3.56. The zero-order chi connectivity index (χ0) is 23.0. The van der Waals surface area contributed by atoms with E-state index in [0.29, 0.717) is 25.1 Å². The quantitative estimate of drug-likeness (QED) is 0.600. The van der Waals surface area contributed by atoms with Gasteiger partial charge in [0.1, 0.15) is 6.61 Å². The van der Waals surface area contributed by atoms with Crippen molar-refractivity contribution >= 4 is 23.6 Å². The zero-order valence-corrected chi connectivity index (χ0v) is 19.3. The highest BCUT2D eigenvalue weighted by Gasteiger charge is 2.36. The van der Waals surface area contributed by atoms with E-state index in [1.54, 1.807) is 23.9 Å². The van der Waals surface area contributed by atoms with Crippen LogP contribution in [0, 0.1) is 11.3 Å². The van der Waals surface area contributed by atoms with Crippen LogP contribution in [-0.2, 0) is 27.5 Å². The van der Waals surface area contributed by atoms with Crippen LogP contribution in [0.3, 0.4) is 0 Å². The Morgan fingerprint density at radius 3 is 2.64 bits per heavy atom. The lowest BCUT2D eigenvalue weighted by Crippen LogP contribution is -2.42. The van der Waals surface area contributed by atoms with Gasteiger partial charge in [-0.05, 0) is 29.7 Å². The third kappa shape index (κ3) is 6.35. The van der Waals surface area contributed by atoms with E-state index < -0.39 is 0 Å². The first-order valence-corrected chi connectivity index (χ1v) is 12.3. The molecular weight excluding hydrogens is 436 g/mol. The molecule has 172 valence electrons. The molecule has 2 aliphatic heterocycles. The molecule has 0 aliphatic carbocycles. The van der Waals surface area contributed by atoms with E-state index in [-0.39, 0.29) is 37.1 Å². The van der Waals surface area contributed by atoms with Crippen molar-refractivity contribution in [3.63, 3.8) is 0 Å². The molecular formula is C25H28N4O3S. The molecule has 1 amide bonds. The third-order valence-electron chi connectivity index (χ3n) is 6.03. The average molecular weight is 465 g/mol. The number of carbonyl (C=O) groups excluding carboxylic acids is 2. The maximum Gasteiger partial charge on any atom is 0.320 e. The van der Waals surface area contributed by atoms with Crippen LogP contribution in [0.25, 0.3) is 0 Å². The topological polar surface area (TPSA) is 85.7 Å². The minimum Gasteiger partial charge on any atom is -0.460 e. The summed E-state index contributed by atoms with van der Waals surface area (Å²) in [5, 5.41) is 12.4. The van der Waals surface area contributed by atoms with Gasteiger partial charge in [0.25, 0.3) is 0 Å². The molecule has 4 rings (SSSR count). The maximum absolute atomic E-state index is 12.8. The number of nitrogens with one attached hydrogen (secondary N) is 1. The van der Waals surface area contributed by atoms with Gasteiger partial charge < -0.3 is 15.0 Å². The SMILES string of the molecule is N#Cc1ccc(CN(CC(=O)OCc2ccccc2)[C@@H]2CN[C@H](C(=O)N3CCSC3)C2)cc1. The van der Waals surface area contributed by atoms with Crippen molar-refractivity contribution in [3.05, 3.63) is 71.3 Å². The molecule has 2 aromatic rings. The molecule has 0 radical (unpaired) electrons. The Labute approximate surface area is 198 Å². The van der Waals surface area contributed by atoms with Gasteiger partial charge in [-0.25, -0.2) is 0 Å². The number of ether oxygens (including phenoxy) is 1. The van der Waals surface area contributed by atoms with Gasteiger partial charge in [0.2, 0.25) is 5.91 Å². The first-order valence-electron chi connectivity index (χ1n) is 11.1. The second kappa shape index (κ2) is 11.3. The first kappa shape index (κ1) is 23.3. The molecule has 2 aromatic carbocycles. The van der Waals surface area contributed by atoms with Crippen LogP contribution in [-0.4, -0.2) is 65.0 Å². The Hall–Kier alpha value is -2.86. The Morgan fingerprint density at radius 2 is 1.94 bits per heavy atom. The van der Waals surface area contributed by atoms with E-state index in [1.165, 1.54) is 0 Å². The van der Waals surface area contributed by atoms with Crippen LogP contribution in [0.15, 0.2) is 54.6 Å². The summed E-state index contributed by atoms with van der Waals surface area (Å²) in [7, 11) is 0. The van der Waals surface area contributed by atoms with Crippen molar-refractivity contribution in [1.29, 1.82) is 5.26 Å². The van der Waals surface area contributed by atoms with Crippen LogP contribution in [0.5, 0.6) is 0 Å². The summed E-state index contributed by atoms with van der Waals surface area (Å²) in [4.78, 5) is 29.5. The number of amides is 1. The monoisotopic (exact) mass is 464 g/mol. The molecule has 0 aromatic heterocycles. The highest BCUT2D eigenvalue weighted by molar-refractivity contribution is 7.99. The molecule has 8 heteroatoms. The van der Waals surface area contributed by atoms with Gasteiger partial charge in [0, 0.05) is 31.4 Å². The van der Waals surface area contributed by atoms with Crippen molar-refractivity contribution in [2.24, 2.45) is 0 Å². The smallest absolute Gasteiger partial charge is 0.320 e. The third-order valence-corrected chi connectivity index (χ3v) is 7.00. The predicted octanol–water partition coefficient (Wildman–Crippen LogP) is 2.37. The predicted molar refractivity (Wildman–Crippen MR) is 127 cm³/mol. The number of benzene rings is 2. The van der Waals surface area contributed by atoms with Crippen molar-refractivity contribution in [2.45, 2.75) is 31.7 Å². The normalized spacial score (nSPS) is 20.1. The summed E-state index contributed by atoms with van der Waals surface area (Å²) >= 11 is 1.78. The van der Waals surface area contributed by atoms with Gasteiger partial charge >= 0.3 is 5.97 Å². The number of thioether (sulfide) groups is 1. The summed E-state index contributed by atoms with van der Waals surface area (Å²) in [6.45, 7) is 2.35. The zero-order valence-electron chi connectivity index (χ0n) is 18.5. The summed E-state index contributed by atoms with van der Waals surface area (Å²) in [6, 6.07) is 18.9. The van der Waals surface area contributed by atoms with Crippen molar-refractivity contribution in [3.8, 4) is 6.07 Å². The Bertz CT molecular complexity index is 987. The summed E-state index contributed by atoms with van der Waals surface area (Å²) in [6.07, 6.45) is 0.655. The molecule has 0 spiro atoms. The largest absolute Gasteiger partial charge is 0.460 e. The van der Waals surface area contributed by atoms with Crippen molar-refractivity contribution in [2.75, 3.05) is 31.3 Å². The number of nitriles is 1. The first-order chi connectivity index (χ1) is 16.1. The molecule has 2 saturated heterocycles. The lowest BCUT2D eigenvalue weighted by Gasteiger charge is -2.28. The Morgan fingerprint density at radius 1 is 1.15 bits per heavy atom. The highest BCUT2D eigenvalue weighted by atomic mass is 32.2. The molecule has 33 heavy (non-hydrogen) atoms. The number of carbonyl (C=O) groups is 2. The van der Waals surface area contributed by atoms with E-state index in [4.69, 9.17) is 10.00 Å². The number of esters is 1. The molecule has 2 fully saturated rings. The molecule has 2 heterocycles. The number of hydrogen-bond donors (Lipinski definition) is 1. The van der Waals surface area contributed by atoms with E-state index in [9.17, 15) is 9.59 Å².